The Hall–Kier alpha value is -3.34. The lowest BCUT2D eigenvalue weighted by molar-refractivity contribution is -0.142. The van der Waals surface area contributed by atoms with Crippen molar-refractivity contribution in [3.8, 4) is 11.5 Å². The lowest BCUT2D eigenvalue weighted by Gasteiger charge is -2.28. The average Bonchev–Trinajstić information content (AvgIpc) is 2.78. The molecule has 1 aromatic rings. The van der Waals surface area contributed by atoms with Gasteiger partial charge in [0.25, 0.3) is 0 Å². The number of nitrogens with two attached hydrogens (primary N) is 1. The molecule has 3 atom stereocenters. The second kappa shape index (κ2) is 13.3. The summed E-state index contributed by atoms with van der Waals surface area (Å²) in [6.45, 7) is 13.3. The molecule has 0 radical (unpaired) electrons. The first-order chi connectivity index (χ1) is 17.0. The van der Waals surface area contributed by atoms with Crippen LogP contribution in [0.2, 0.25) is 0 Å². The Morgan fingerprint density at radius 3 is 1.84 bits per heavy atom. The Morgan fingerprint density at radius 2 is 1.41 bits per heavy atom. The molecule has 0 spiro atoms. The van der Waals surface area contributed by atoms with E-state index in [-0.39, 0.29) is 18.1 Å². The highest BCUT2D eigenvalue weighted by Gasteiger charge is 2.33. The molecule has 208 valence electrons. The second-order valence-electron chi connectivity index (χ2n) is 10.0. The van der Waals surface area contributed by atoms with Gasteiger partial charge in [0.15, 0.2) is 11.5 Å². The Bertz CT molecular complexity index is 972. The summed E-state index contributed by atoms with van der Waals surface area (Å²) in [6.07, 6.45) is -1.04. The maximum absolute atomic E-state index is 12.5. The van der Waals surface area contributed by atoms with Crippen LogP contribution in [-0.4, -0.2) is 53.2 Å². The molecule has 0 saturated heterocycles. The summed E-state index contributed by atoms with van der Waals surface area (Å²) < 4.78 is 26.4. The number of carboxylic acids is 1. The lowest BCUT2D eigenvalue weighted by atomic mass is 9.82. The molecule has 2 unspecified atom stereocenters. The van der Waals surface area contributed by atoms with Gasteiger partial charge in [-0.3, -0.25) is 9.59 Å². The number of hydrogen-bond donors (Lipinski definition) is 2. The van der Waals surface area contributed by atoms with E-state index in [9.17, 15) is 24.3 Å². The van der Waals surface area contributed by atoms with Crippen LogP contribution in [0.25, 0.3) is 0 Å². The van der Waals surface area contributed by atoms with E-state index in [2.05, 4.69) is 0 Å². The van der Waals surface area contributed by atoms with Gasteiger partial charge < -0.3 is 34.5 Å². The minimum absolute atomic E-state index is 0.0966. The standard InChI is InChI=1S/C26H39NO10/c1-9-25(5,6)36-23(31)34-18-12-11-17(13-19(18)35-24(32)37-26(7,8)10-2)20(21(27)22(29)30)15(3)14-33-16(4)28/h11-13,15,20-21H,9-10,14,27H2,1-8H3,(H,29,30)/t15?,20?,21-/m0/s1. The molecule has 0 saturated carbocycles. The number of hydrogen-bond acceptors (Lipinski definition) is 10. The summed E-state index contributed by atoms with van der Waals surface area (Å²) in [6, 6.07) is 2.78. The van der Waals surface area contributed by atoms with E-state index in [1.807, 2.05) is 13.8 Å². The summed E-state index contributed by atoms with van der Waals surface area (Å²) in [5, 5.41) is 9.59. The third kappa shape index (κ3) is 10.3. The molecular weight excluding hydrogens is 486 g/mol. The van der Waals surface area contributed by atoms with Crippen LogP contribution in [-0.2, 0) is 23.8 Å². The first-order valence-corrected chi connectivity index (χ1v) is 12.1. The number of aliphatic carboxylic acids is 1. The molecule has 0 aliphatic rings. The number of carbonyl (C=O) groups is 4. The van der Waals surface area contributed by atoms with Crippen LogP contribution in [0.4, 0.5) is 9.59 Å². The number of rotatable bonds is 12. The molecule has 11 nitrogen and oxygen atoms in total. The summed E-state index contributed by atoms with van der Waals surface area (Å²) in [5.41, 5.74) is 4.70. The summed E-state index contributed by atoms with van der Waals surface area (Å²) in [5.74, 6) is -3.56. The molecule has 11 heteroatoms. The van der Waals surface area contributed by atoms with E-state index in [4.69, 9.17) is 29.4 Å². The number of carbonyl (C=O) groups excluding carboxylic acids is 3. The number of ether oxygens (including phenoxy) is 5. The average molecular weight is 526 g/mol. The maximum atomic E-state index is 12.5. The second-order valence-corrected chi connectivity index (χ2v) is 10.0. The maximum Gasteiger partial charge on any atom is 0.514 e. The van der Waals surface area contributed by atoms with Gasteiger partial charge in [0.1, 0.15) is 17.2 Å². The van der Waals surface area contributed by atoms with Gasteiger partial charge in [-0.15, -0.1) is 0 Å². The van der Waals surface area contributed by atoms with Crippen molar-refractivity contribution in [1.29, 1.82) is 0 Å². The van der Waals surface area contributed by atoms with Gasteiger partial charge in [0.2, 0.25) is 0 Å². The molecule has 0 aliphatic heterocycles. The molecule has 0 bridgehead atoms. The molecule has 1 aromatic carbocycles. The van der Waals surface area contributed by atoms with Crippen molar-refractivity contribution < 1.29 is 48.0 Å². The van der Waals surface area contributed by atoms with Crippen LogP contribution < -0.4 is 15.2 Å². The fourth-order valence-corrected chi connectivity index (χ4v) is 3.11. The third-order valence-electron chi connectivity index (χ3n) is 6.00. The molecule has 0 fully saturated rings. The van der Waals surface area contributed by atoms with Crippen molar-refractivity contribution >= 4 is 24.2 Å². The highest BCUT2D eigenvalue weighted by atomic mass is 16.8. The van der Waals surface area contributed by atoms with Crippen LogP contribution in [0.15, 0.2) is 18.2 Å². The lowest BCUT2D eigenvalue weighted by Crippen LogP contribution is -2.40. The zero-order valence-corrected chi connectivity index (χ0v) is 22.8. The van der Waals surface area contributed by atoms with Gasteiger partial charge in [0, 0.05) is 12.8 Å². The molecule has 0 aliphatic carbocycles. The topological polar surface area (TPSA) is 161 Å². The molecular formula is C26H39NO10. The van der Waals surface area contributed by atoms with E-state index < -0.39 is 53.3 Å². The van der Waals surface area contributed by atoms with Crippen molar-refractivity contribution in [3.63, 3.8) is 0 Å². The quantitative estimate of drug-likeness (QED) is 0.219. The minimum atomic E-state index is -1.38. The molecule has 0 amide bonds. The number of benzene rings is 1. The summed E-state index contributed by atoms with van der Waals surface area (Å²) in [7, 11) is 0. The number of carboxylic acid groups (broad SMARTS) is 1. The normalized spacial score (nSPS) is 14.1. The Labute approximate surface area is 217 Å². The van der Waals surface area contributed by atoms with Crippen molar-refractivity contribution in [1.82, 2.24) is 0 Å². The fourth-order valence-electron chi connectivity index (χ4n) is 3.11. The van der Waals surface area contributed by atoms with Gasteiger partial charge in [-0.25, -0.2) is 9.59 Å². The van der Waals surface area contributed by atoms with Crippen molar-refractivity contribution in [2.45, 2.75) is 91.4 Å². The zero-order chi connectivity index (χ0) is 28.6. The van der Waals surface area contributed by atoms with Gasteiger partial charge in [-0.05, 0) is 64.2 Å². The van der Waals surface area contributed by atoms with Gasteiger partial charge in [-0.1, -0.05) is 26.8 Å². The summed E-state index contributed by atoms with van der Waals surface area (Å²) >= 11 is 0. The van der Waals surface area contributed by atoms with Crippen LogP contribution in [0.3, 0.4) is 0 Å². The van der Waals surface area contributed by atoms with Crippen LogP contribution in [0.5, 0.6) is 11.5 Å². The Kier molecular flexibility index (Phi) is 11.4. The predicted molar refractivity (Wildman–Crippen MR) is 134 cm³/mol. The largest absolute Gasteiger partial charge is 0.514 e. The molecule has 3 N–H and O–H groups in total. The van der Waals surface area contributed by atoms with Crippen molar-refractivity contribution in [3.05, 3.63) is 23.8 Å². The number of esters is 1. The van der Waals surface area contributed by atoms with E-state index >= 15 is 0 Å². The smallest absolute Gasteiger partial charge is 0.480 e. The van der Waals surface area contributed by atoms with Crippen LogP contribution >= 0.6 is 0 Å². The molecule has 0 aromatic heterocycles. The highest BCUT2D eigenvalue weighted by Crippen LogP contribution is 2.36. The first kappa shape index (κ1) is 31.7. The minimum Gasteiger partial charge on any atom is -0.480 e. The van der Waals surface area contributed by atoms with Crippen LogP contribution in [0, 0.1) is 5.92 Å². The SMILES string of the molecule is CCC(C)(C)OC(=O)Oc1ccc(C(C(C)COC(C)=O)[C@H](N)C(=O)O)cc1OC(=O)OC(C)(C)CC. The Morgan fingerprint density at radius 1 is 0.919 bits per heavy atom. The van der Waals surface area contributed by atoms with Gasteiger partial charge in [0.05, 0.1) is 6.61 Å². The van der Waals surface area contributed by atoms with Gasteiger partial charge >= 0.3 is 24.2 Å². The van der Waals surface area contributed by atoms with E-state index in [0.29, 0.717) is 18.4 Å². The highest BCUT2D eigenvalue weighted by molar-refractivity contribution is 5.75. The van der Waals surface area contributed by atoms with Gasteiger partial charge in [-0.2, -0.15) is 0 Å². The van der Waals surface area contributed by atoms with Crippen molar-refractivity contribution in [2.75, 3.05) is 6.61 Å². The first-order valence-electron chi connectivity index (χ1n) is 12.1. The predicted octanol–water partition coefficient (Wildman–Crippen LogP) is 4.79. The summed E-state index contributed by atoms with van der Waals surface area (Å²) in [4.78, 5) is 48.0. The molecule has 37 heavy (non-hydrogen) atoms. The van der Waals surface area contributed by atoms with Crippen LogP contribution in [0.1, 0.15) is 79.7 Å². The van der Waals surface area contributed by atoms with Crippen molar-refractivity contribution in [2.24, 2.45) is 11.7 Å². The molecule has 0 heterocycles. The zero-order valence-electron chi connectivity index (χ0n) is 22.8. The molecule has 1 rings (SSSR count). The fraction of sp³-hybridized carbons (Fsp3) is 0.615. The Balaban J connectivity index is 3.46. The van der Waals surface area contributed by atoms with E-state index in [0.717, 1.165) is 0 Å². The monoisotopic (exact) mass is 525 g/mol. The third-order valence-corrected chi connectivity index (χ3v) is 6.00. The van der Waals surface area contributed by atoms with E-state index in [1.54, 1.807) is 34.6 Å². The van der Waals surface area contributed by atoms with E-state index in [1.165, 1.54) is 25.1 Å².